The zero-order valence-electron chi connectivity index (χ0n) is 12.4. The van der Waals surface area contributed by atoms with E-state index in [1.54, 1.807) is 19.3 Å². The fraction of sp³-hybridized carbons (Fsp3) is 0.714. The fourth-order valence-electron chi connectivity index (χ4n) is 2.39. The van der Waals surface area contributed by atoms with Crippen molar-refractivity contribution in [2.24, 2.45) is 5.92 Å². The topological polar surface area (TPSA) is 65.2 Å². The van der Waals surface area contributed by atoms with Crippen LogP contribution in [0.15, 0.2) is 17.2 Å². The Morgan fingerprint density at radius 2 is 2.20 bits per heavy atom. The van der Waals surface area contributed by atoms with Gasteiger partial charge >= 0.3 is 0 Å². The Labute approximate surface area is 121 Å². The van der Waals surface area contributed by atoms with E-state index in [-0.39, 0.29) is 0 Å². The van der Waals surface area contributed by atoms with Crippen LogP contribution in [0.3, 0.4) is 0 Å². The normalized spacial score (nSPS) is 16.6. The molecule has 0 atom stereocenters. The summed E-state index contributed by atoms with van der Waals surface area (Å²) in [5, 5.41) is 3.26. The van der Waals surface area contributed by atoms with Gasteiger partial charge < -0.3 is 10.3 Å². The Morgan fingerprint density at radius 1 is 1.45 bits per heavy atom. The van der Waals surface area contributed by atoms with E-state index in [4.69, 9.17) is 0 Å². The lowest BCUT2D eigenvalue weighted by atomic mass is 9.86. The second-order valence-corrected chi connectivity index (χ2v) is 7.66. The minimum atomic E-state index is -3.35. The summed E-state index contributed by atoms with van der Waals surface area (Å²) in [7, 11) is -1.67. The van der Waals surface area contributed by atoms with Crippen LogP contribution >= 0.6 is 0 Å². The van der Waals surface area contributed by atoms with E-state index in [2.05, 4.69) is 17.2 Å². The highest BCUT2D eigenvalue weighted by Gasteiger charge is 2.27. The van der Waals surface area contributed by atoms with Crippen LogP contribution in [0.1, 0.15) is 38.3 Å². The number of aromatic amines is 1. The van der Waals surface area contributed by atoms with E-state index in [9.17, 15) is 8.42 Å². The van der Waals surface area contributed by atoms with Crippen molar-refractivity contribution in [3.05, 3.63) is 18.0 Å². The number of nitrogens with one attached hydrogen (secondary N) is 2. The Bertz CT molecular complexity index is 520. The summed E-state index contributed by atoms with van der Waals surface area (Å²) >= 11 is 0. The number of nitrogens with zero attached hydrogens (tertiary/aromatic N) is 1. The number of hydrogen-bond donors (Lipinski definition) is 2. The first-order valence-corrected chi connectivity index (χ1v) is 8.82. The van der Waals surface area contributed by atoms with Crippen molar-refractivity contribution in [2.75, 3.05) is 20.1 Å². The smallest absolute Gasteiger partial charge is 0.244 e. The minimum absolute atomic E-state index is 0.368. The molecule has 20 heavy (non-hydrogen) atoms. The van der Waals surface area contributed by atoms with Crippen LogP contribution in [0.4, 0.5) is 0 Å². The van der Waals surface area contributed by atoms with Gasteiger partial charge in [0.25, 0.3) is 0 Å². The fourth-order valence-corrected chi connectivity index (χ4v) is 3.65. The third kappa shape index (κ3) is 3.62. The highest BCUT2D eigenvalue weighted by molar-refractivity contribution is 7.89. The van der Waals surface area contributed by atoms with Crippen LogP contribution in [0.2, 0.25) is 0 Å². The largest absolute Gasteiger partial charge is 0.363 e. The molecule has 0 spiro atoms. The molecule has 2 N–H and O–H groups in total. The third-order valence-corrected chi connectivity index (χ3v) is 5.71. The molecule has 0 saturated heterocycles. The van der Waals surface area contributed by atoms with Gasteiger partial charge in [0.2, 0.25) is 10.0 Å². The number of hydrogen-bond acceptors (Lipinski definition) is 3. The predicted octanol–water partition coefficient (Wildman–Crippen LogP) is 1.93. The number of rotatable bonds is 8. The van der Waals surface area contributed by atoms with E-state index < -0.39 is 10.0 Å². The molecule has 1 aliphatic carbocycles. The lowest BCUT2D eigenvalue weighted by Crippen LogP contribution is -2.34. The molecule has 1 aromatic rings. The van der Waals surface area contributed by atoms with Gasteiger partial charge in [0, 0.05) is 32.0 Å². The van der Waals surface area contributed by atoms with Gasteiger partial charge in [-0.2, -0.15) is 0 Å². The van der Waals surface area contributed by atoms with Gasteiger partial charge in [0.1, 0.15) is 0 Å². The second-order valence-electron chi connectivity index (χ2n) is 5.62. The summed E-state index contributed by atoms with van der Waals surface area (Å²) in [5.74, 6) is 0.541. The summed E-state index contributed by atoms with van der Waals surface area (Å²) in [5.41, 5.74) is 0.911. The Hall–Kier alpha value is -0.850. The van der Waals surface area contributed by atoms with E-state index in [1.165, 1.54) is 10.7 Å². The van der Waals surface area contributed by atoms with Crippen LogP contribution in [0.5, 0.6) is 0 Å². The second kappa shape index (κ2) is 6.74. The molecule has 1 aromatic heterocycles. The van der Waals surface area contributed by atoms with E-state index in [1.807, 2.05) is 0 Å². The molecule has 0 unspecified atom stereocenters. The maximum Gasteiger partial charge on any atom is 0.244 e. The molecule has 0 aromatic carbocycles. The molecular formula is C14H25N3O2S. The van der Waals surface area contributed by atoms with E-state index in [0.29, 0.717) is 23.9 Å². The third-order valence-electron chi connectivity index (χ3n) is 3.91. The average Bonchev–Trinajstić information content (AvgIpc) is 2.83. The minimum Gasteiger partial charge on any atom is -0.363 e. The monoisotopic (exact) mass is 299 g/mol. The van der Waals surface area contributed by atoms with Crippen LogP contribution in [0, 0.1) is 5.92 Å². The summed E-state index contributed by atoms with van der Waals surface area (Å²) in [6.45, 7) is 4.35. The van der Waals surface area contributed by atoms with Crippen molar-refractivity contribution in [1.29, 1.82) is 0 Å². The molecule has 1 aliphatic rings. The molecule has 0 aliphatic heterocycles. The standard InChI is InChI=1S/C14H25N3O2S/c1-3-7-15-9-13-8-14(10-16-13)20(18,19)17(2)11-12-5-4-6-12/h8,10,12,15-16H,3-7,9,11H2,1-2H3. The average molecular weight is 299 g/mol. The number of aromatic nitrogens is 1. The van der Waals surface area contributed by atoms with Crippen molar-refractivity contribution in [3.8, 4) is 0 Å². The zero-order chi connectivity index (χ0) is 14.6. The Balaban J connectivity index is 1.97. The highest BCUT2D eigenvalue weighted by atomic mass is 32.2. The number of sulfonamides is 1. The summed E-state index contributed by atoms with van der Waals surface area (Å²) in [6, 6.07) is 1.73. The molecule has 1 heterocycles. The summed E-state index contributed by atoms with van der Waals surface area (Å²) in [6.07, 6.45) is 6.19. The Morgan fingerprint density at radius 3 is 2.80 bits per heavy atom. The SMILES string of the molecule is CCCNCc1cc(S(=O)(=O)N(C)CC2CCC2)c[nH]1. The first-order valence-electron chi connectivity index (χ1n) is 7.38. The number of H-pyrrole nitrogens is 1. The lowest BCUT2D eigenvalue weighted by molar-refractivity contribution is 0.263. The summed E-state index contributed by atoms with van der Waals surface area (Å²) in [4.78, 5) is 3.41. The maximum absolute atomic E-state index is 12.4. The predicted molar refractivity (Wildman–Crippen MR) is 79.9 cm³/mol. The zero-order valence-corrected chi connectivity index (χ0v) is 13.2. The lowest BCUT2D eigenvalue weighted by Gasteiger charge is -2.29. The molecule has 114 valence electrons. The molecule has 1 saturated carbocycles. The van der Waals surface area contributed by atoms with Crippen molar-refractivity contribution in [2.45, 2.75) is 44.0 Å². The van der Waals surface area contributed by atoms with Crippen molar-refractivity contribution in [3.63, 3.8) is 0 Å². The molecule has 0 bridgehead atoms. The molecule has 5 nitrogen and oxygen atoms in total. The first-order chi connectivity index (χ1) is 9.54. The van der Waals surface area contributed by atoms with Gasteiger partial charge in [-0.15, -0.1) is 0 Å². The van der Waals surface area contributed by atoms with Crippen LogP contribution < -0.4 is 5.32 Å². The van der Waals surface area contributed by atoms with Crippen molar-refractivity contribution >= 4 is 10.0 Å². The van der Waals surface area contributed by atoms with Gasteiger partial charge in [-0.3, -0.25) is 0 Å². The van der Waals surface area contributed by atoms with Gasteiger partial charge in [-0.1, -0.05) is 13.3 Å². The van der Waals surface area contributed by atoms with Gasteiger partial charge in [0.15, 0.2) is 0 Å². The van der Waals surface area contributed by atoms with Crippen molar-refractivity contribution < 1.29 is 8.42 Å². The Kier molecular flexibility index (Phi) is 5.23. The first kappa shape index (κ1) is 15.5. The van der Waals surface area contributed by atoms with Gasteiger partial charge in [-0.25, -0.2) is 12.7 Å². The van der Waals surface area contributed by atoms with Crippen LogP contribution in [0.25, 0.3) is 0 Å². The van der Waals surface area contributed by atoms with Crippen molar-refractivity contribution in [1.82, 2.24) is 14.6 Å². The molecule has 6 heteroatoms. The van der Waals surface area contributed by atoms with Gasteiger partial charge in [0.05, 0.1) is 4.90 Å². The van der Waals surface area contributed by atoms with Crippen LogP contribution in [-0.2, 0) is 16.6 Å². The van der Waals surface area contributed by atoms with Gasteiger partial charge in [-0.05, 0) is 37.8 Å². The van der Waals surface area contributed by atoms with E-state index in [0.717, 1.165) is 31.5 Å². The summed E-state index contributed by atoms with van der Waals surface area (Å²) < 4.78 is 26.4. The molecule has 0 amide bonds. The molecular weight excluding hydrogens is 274 g/mol. The molecule has 1 fully saturated rings. The quantitative estimate of drug-likeness (QED) is 0.721. The van der Waals surface area contributed by atoms with Crippen LogP contribution in [-0.4, -0.2) is 37.8 Å². The maximum atomic E-state index is 12.4. The van der Waals surface area contributed by atoms with E-state index >= 15 is 0 Å². The highest BCUT2D eigenvalue weighted by Crippen LogP contribution is 2.28. The molecule has 2 rings (SSSR count). The molecule has 0 radical (unpaired) electrons.